The molecule has 27 heavy (non-hydrogen) atoms. The normalized spacial score (nSPS) is 14.7. The Bertz CT molecular complexity index is 847. The van der Waals surface area contributed by atoms with Crippen LogP contribution in [0.25, 0.3) is 22.0 Å². The van der Waals surface area contributed by atoms with E-state index in [1.165, 1.54) is 0 Å². The zero-order valence-corrected chi connectivity index (χ0v) is 16.8. The van der Waals surface area contributed by atoms with Crippen LogP contribution in [-0.4, -0.2) is 63.8 Å². The molecule has 4 heterocycles. The van der Waals surface area contributed by atoms with Gasteiger partial charge >= 0.3 is 0 Å². The number of imidazole rings is 1. The van der Waals surface area contributed by atoms with E-state index in [-0.39, 0.29) is 12.4 Å². The summed E-state index contributed by atoms with van der Waals surface area (Å²) in [6.45, 7) is 5.38. The van der Waals surface area contributed by atoms with Crippen LogP contribution in [0.3, 0.4) is 0 Å². The fraction of sp³-hybridized carbons (Fsp3) is 0.389. The minimum Gasteiger partial charge on any atom is -0.379 e. The topological polar surface area (TPSA) is 68.1 Å². The largest absolute Gasteiger partial charge is 0.379 e. The summed E-state index contributed by atoms with van der Waals surface area (Å²) < 4.78 is 7.37. The lowest BCUT2D eigenvalue weighted by molar-refractivity contribution is 0.0398. The number of aromatic nitrogens is 4. The van der Waals surface area contributed by atoms with Gasteiger partial charge in [0.05, 0.1) is 29.3 Å². The highest BCUT2D eigenvalue weighted by Gasteiger charge is 2.16. The smallest absolute Gasteiger partial charge is 0.223 e. The van der Waals surface area contributed by atoms with Crippen molar-refractivity contribution in [2.24, 2.45) is 7.05 Å². The third-order valence-corrected chi connectivity index (χ3v) is 5.30. The van der Waals surface area contributed by atoms with Gasteiger partial charge in [-0.2, -0.15) is 0 Å². The fourth-order valence-electron chi connectivity index (χ4n) is 3.01. The summed E-state index contributed by atoms with van der Waals surface area (Å²) in [5, 5.41) is 5.41. The number of nitrogens with one attached hydrogen (secondary N) is 1. The maximum absolute atomic E-state index is 5.39. The lowest BCUT2D eigenvalue weighted by Crippen LogP contribution is -2.39. The van der Waals surface area contributed by atoms with Gasteiger partial charge in [-0.05, 0) is 11.4 Å². The van der Waals surface area contributed by atoms with Crippen molar-refractivity contribution < 1.29 is 4.74 Å². The number of ether oxygens (including phenoxy) is 1. The molecule has 0 aliphatic carbocycles. The Labute approximate surface area is 168 Å². The molecule has 9 heteroatoms. The Morgan fingerprint density at radius 2 is 2.11 bits per heavy atom. The third-order valence-electron chi connectivity index (χ3n) is 4.42. The molecule has 0 saturated carbocycles. The van der Waals surface area contributed by atoms with Gasteiger partial charge in [0.25, 0.3) is 0 Å². The number of morpholine rings is 1. The van der Waals surface area contributed by atoms with E-state index in [0.717, 1.165) is 61.4 Å². The van der Waals surface area contributed by atoms with E-state index >= 15 is 0 Å². The number of hydrogen-bond donors (Lipinski definition) is 1. The number of hydrogen-bond acceptors (Lipinski definition) is 7. The Hall–Kier alpha value is -2.00. The van der Waals surface area contributed by atoms with Gasteiger partial charge in [0.1, 0.15) is 5.82 Å². The molecular formula is C18H23ClN6OS. The summed E-state index contributed by atoms with van der Waals surface area (Å²) in [6, 6.07) is 4.12. The second kappa shape index (κ2) is 9.27. The highest BCUT2D eigenvalue weighted by atomic mass is 35.5. The van der Waals surface area contributed by atoms with Crippen LogP contribution in [0.15, 0.2) is 36.1 Å². The highest BCUT2D eigenvalue weighted by molar-refractivity contribution is 7.13. The fourth-order valence-corrected chi connectivity index (χ4v) is 3.74. The summed E-state index contributed by atoms with van der Waals surface area (Å²) in [6.07, 6.45) is 5.59. The van der Waals surface area contributed by atoms with Crippen LogP contribution in [0.4, 0.5) is 5.95 Å². The first-order valence-corrected chi connectivity index (χ1v) is 9.62. The second-order valence-corrected chi connectivity index (χ2v) is 7.12. The molecule has 1 saturated heterocycles. The van der Waals surface area contributed by atoms with Crippen molar-refractivity contribution in [2.45, 2.75) is 0 Å². The van der Waals surface area contributed by atoms with Gasteiger partial charge in [0.15, 0.2) is 0 Å². The molecule has 0 atom stereocenters. The second-order valence-electron chi connectivity index (χ2n) is 6.18. The monoisotopic (exact) mass is 406 g/mol. The Morgan fingerprint density at radius 3 is 2.81 bits per heavy atom. The molecule has 3 aromatic rings. The van der Waals surface area contributed by atoms with E-state index in [4.69, 9.17) is 9.72 Å². The number of nitrogens with zero attached hydrogens (tertiary/aromatic N) is 5. The van der Waals surface area contributed by atoms with Crippen LogP contribution in [0.2, 0.25) is 0 Å². The molecule has 0 bridgehead atoms. The van der Waals surface area contributed by atoms with Crippen LogP contribution in [0.1, 0.15) is 0 Å². The van der Waals surface area contributed by atoms with Gasteiger partial charge in [-0.25, -0.2) is 15.0 Å². The molecule has 7 nitrogen and oxygen atoms in total. The van der Waals surface area contributed by atoms with Gasteiger partial charge in [-0.15, -0.1) is 23.7 Å². The molecule has 0 spiro atoms. The van der Waals surface area contributed by atoms with Crippen molar-refractivity contribution in [1.82, 2.24) is 24.4 Å². The number of halogens is 1. The maximum Gasteiger partial charge on any atom is 0.223 e. The quantitative estimate of drug-likeness (QED) is 0.678. The van der Waals surface area contributed by atoms with Crippen molar-refractivity contribution >= 4 is 29.7 Å². The molecule has 1 fully saturated rings. The van der Waals surface area contributed by atoms with Crippen LogP contribution < -0.4 is 5.32 Å². The van der Waals surface area contributed by atoms with E-state index < -0.39 is 0 Å². The predicted molar refractivity (Wildman–Crippen MR) is 111 cm³/mol. The number of thiophene rings is 1. The van der Waals surface area contributed by atoms with Crippen LogP contribution >= 0.6 is 23.7 Å². The van der Waals surface area contributed by atoms with E-state index in [0.29, 0.717) is 5.95 Å². The Kier molecular flexibility index (Phi) is 6.78. The van der Waals surface area contributed by atoms with Gasteiger partial charge in [0.2, 0.25) is 5.95 Å². The van der Waals surface area contributed by atoms with Gasteiger partial charge in [0, 0.05) is 51.8 Å². The van der Waals surface area contributed by atoms with Crippen molar-refractivity contribution in [1.29, 1.82) is 0 Å². The summed E-state index contributed by atoms with van der Waals surface area (Å²) in [4.78, 5) is 17.3. The molecule has 0 aromatic carbocycles. The molecule has 0 unspecified atom stereocenters. The number of rotatable bonds is 6. The Morgan fingerprint density at radius 1 is 1.26 bits per heavy atom. The molecule has 0 amide bonds. The van der Waals surface area contributed by atoms with Crippen molar-refractivity contribution in [2.75, 3.05) is 44.7 Å². The summed E-state index contributed by atoms with van der Waals surface area (Å²) in [7, 11) is 1.98. The number of anilines is 1. The SMILES string of the molecule is Cl.Cn1ccnc1-c1cnc(NCCN2CCOCC2)nc1-c1cccs1. The molecule has 0 radical (unpaired) electrons. The summed E-state index contributed by atoms with van der Waals surface area (Å²) in [5.41, 5.74) is 1.86. The lowest BCUT2D eigenvalue weighted by Gasteiger charge is -2.26. The highest BCUT2D eigenvalue weighted by Crippen LogP contribution is 2.32. The first kappa shape index (κ1) is 19.8. The molecule has 3 aromatic heterocycles. The van der Waals surface area contributed by atoms with Crippen LogP contribution in [0, 0.1) is 0 Å². The van der Waals surface area contributed by atoms with Gasteiger partial charge in [-0.1, -0.05) is 6.07 Å². The number of aryl methyl sites for hydroxylation is 1. The first-order chi connectivity index (χ1) is 12.8. The molecular weight excluding hydrogens is 384 g/mol. The minimum absolute atomic E-state index is 0. The van der Waals surface area contributed by atoms with Crippen LogP contribution in [-0.2, 0) is 11.8 Å². The molecule has 4 rings (SSSR count). The van der Waals surface area contributed by atoms with Gasteiger partial charge in [-0.3, -0.25) is 4.90 Å². The predicted octanol–water partition coefficient (Wildman–Crippen LogP) is 2.77. The van der Waals surface area contributed by atoms with Gasteiger partial charge < -0.3 is 14.6 Å². The zero-order chi connectivity index (χ0) is 17.8. The average molecular weight is 407 g/mol. The van der Waals surface area contributed by atoms with Crippen molar-refractivity contribution in [3.8, 4) is 22.0 Å². The summed E-state index contributed by atoms with van der Waals surface area (Å²) in [5.74, 6) is 1.52. The van der Waals surface area contributed by atoms with Crippen LogP contribution in [0.5, 0.6) is 0 Å². The first-order valence-electron chi connectivity index (χ1n) is 8.74. The summed E-state index contributed by atoms with van der Waals surface area (Å²) >= 11 is 1.67. The minimum atomic E-state index is 0. The van der Waals surface area contributed by atoms with E-state index in [9.17, 15) is 0 Å². The average Bonchev–Trinajstić information content (AvgIpc) is 3.34. The van der Waals surface area contributed by atoms with Crippen molar-refractivity contribution in [3.63, 3.8) is 0 Å². The molecule has 1 aliphatic rings. The van der Waals surface area contributed by atoms with E-state index in [1.54, 1.807) is 17.5 Å². The standard InChI is InChI=1S/C18H22N6OS.ClH/c1-23-6-4-19-17(23)14-13-21-18(22-16(14)15-3-2-12-26-15)20-5-7-24-8-10-25-11-9-24;/h2-4,6,12-13H,5,7-11H2,1H3,(H,20,21,22);1H. The van der Waals surface area contributed by atoms with E-state index in [2.05, 4.69) is 31.6 Å². The molecule has 1 aliphatic heterocycles. The zero-order valence-electron chi connectivity index (χ0n) is 15.2. The lowest BCUT2D eigenvalue weighted by atomic mass is 10.2. The third kappa shape index (κ3) is 4.65. The molecule has 1 N–H and O–H groups in total. The Balaban J connectivity index is 0.00000210. The van der Waals surface area contributed by atoms with E-state index in [1.807, 2.05) is 30.1 Å². The maximum atomic E-state index is 5.39. The van der Waals surface area contributed by atoms with Crippen molar-refractivity contribution in [3.05, 3.63) is 36.1 Å². The molecule has 144 valence electrons.